The van der Waals surface area contributed by atoms with Gasteiger partial charge in [0, 0.05) is 0 Å². The average molecular weight is 143 g/mol. The molecule has 2 nitrogen and oxygen atoms in total. The molecule has 58 valence electrons. The first-order chi connectivity index (χ1) is 4.91. The second-order valence-corrected chi connectivity index (χ2v) is 3.76. The number of carbonyl (C=O) groups excluding carboxylic acids is 1. The van der Waals surface area contributed by atoms with Crippen molar-refractivity contribution < 1.29 is 10.9 Å². The van der Waals surface area contributed by atoms with Crippen LogP contribution in [0.1, 0.15) is 28.6 Å². The normalized spacial score (nSPS) is 35.5. The quantitative estimate of drug-likeness (QED) is 0.481. The highest BCUT2D eigenvalue weighted by Gasteiger charge is 2.36. The third-order valence-electron chi connectivity index (χ3n) is 1.86. The Morgan fingerprint density at radius 2 is 2.30 bits per heavy atom. The Morgan fingerprint density at radius 3 is 2.50 bits per heavy atom. The first-order valence-electron chi connectivity index (χ1n) is 4.12. The summed E-state index contributed by atoms with van der Waals surface area (Å²) < 4.78 is 12.0. The molecule has 0 radical (unpaired) electrons. The summed E-state index contributed by atoms with van der Waals surface area (Å²) in [6.45, 7) is 5.36. The smallest absolute Gasteiger partial charge is 0.309 e. The van der Waals surface area contributed by atoms with Gasteiger partial charge in [-0.1, -0.05) is 20.8 Å². The third kappa shape index (κ3) is 1.31. The molecule has 0 aromatic carbocycles. The maximum atomic E-state index is 11.1. The lowest BCUT2D eigenvalue weighted by Gasteiger charge is -2.22. The van der Waals surface area contributed by atoms with Crippen LogP contribution < -0.4 is 0 Å². The van der Waals surface area contributed by atoms with Gasteiger partial charge in [0.15, 0.2) is 0 Å². The number of rotatable bonds is 0. The van der Waals surface area contributed by atoms with Crippen molar-refractivity contribution in [2.75, 3.05) is 6.58 Å². The van der Waals surface area contributed by atoms with E-state index in [0.29, 0.717) is 6.42 Å². The molecule has 2 heteroatoms. The molecule has 0 spiro atoms. The van der Waals surface area contributed by atoms with Gasteiger partial charge in [-0.05, 0) is 11.8 Å². The molecule has 1 aliphatic heterocycles. The van der Waals surface area contributed by atoms with E-state index < -0.39 is 6.58 Å². The van der Waals surface area contributed by atoms with E-state index in [0.717, 1.165) is 0 Å². The molecule has 1 rings (SSSR count). The first-order valence-corrected chi connectivity index (χ1v) is 3.54. The lowest BCUT2D eigenvalue weighted by atomic mass is 9.80. The Kier molecular flexibility index (Phi) is 1.40. The third-order valence-corrected chi connectivity index (χ3v) is 1.86. The summed E-state index contributed by atoms with van der Waals surface area (Å²) in [5, 5.41) is 0. The molecule has 0 N–H and O–H groups in total. The van der Waals surface area contributed by atoms with Gasteiger partial charge >= 0.3 is 5.97 Å². The van der Waals surface area contributed by atoms with Gasteiger partial charge in [-0.25, -0.2) is 0 Å². The summed E-state index contributed by atoms with van der Waals surface area (Å²) in [6, 6.07) is 0. The molecule has 0 aromatic rings. The highest BCUT2D eigenvalue weighted by molar-refractivity contribution is 5.74. The van der Waals surface area contributed by atoms with Gasteiger partial charge in [-0.3, -0.25) is 4.79 Å². The Morgan fingerprint density at radius 1 is 1.70 bits per heavy atom. The van der Waals surface area contributed by atoms with Crippen molar-refractivity contribution in [2.45, 2.75) is 27.2 Å². The molecular formula is C8H14O2. The monoisotopic (exact) mass is 143 g/mol. The summed E-state index contributed by atoms with van der Waals surface area (Å²) in [5.74, 6) is -0.303. The van der Waals surface area contributed by atoms with Crippen LogP contribution in [0.2, 0.25) is 0 Å². The van der Waals surface area contributed by atoms with E-state index in [-0.39, 0.29) is 17.3 Å². The number of hydrogen-bond acceptors (Lipinski definition) is 2. The predicted molar refractivity (Wildman–Crippen MR) is 38.5 cm³/mol. The summed E-state index contributed by atoms with van der Waals surface area (Å²) in [6.07, 6.45) is 0.544. The Balaban J connectivity index is 2.68. The van der Waals surface area contributed by atoms with E-state index in [4.69, 9.17) is 6.11 Å². The van der Waals surface area contributed by atoms with Gasteiger partial charge in [0.1, 0.15) is 0 Å². The minimum atomic E-state index is -0.633. The summed E-state index contributed by atoms with van der Waals surface area (Å²) in [7, 11) is 0. The van der Waals surface area contributed by atoms with Crippen molar-refractivity contribution in [3.05, 3.63) is 0 Å². The molecule has 0 amide bonds. The van der Waals surface area contributed by atoms with Gasteiger partial charge in [0.2, 0.25) is 0 Å². The van der Waals surface area contributed by atoms with E-state index in [1.54, 1.807) is 0 Å². The fourth-order valence-electron chi connectivity index (χ4n) is 1.11. The Bertz CT molecular complexity index is 171. The van der Waals surface area contributed by atoms with Gasteiger partial charge in [0.25, 0.3) is 0 Å². The van der Waals surface area contributed by atoms with Crippen molar-refractivity contribution in [1.82, 2.24) is 0 Å². The molecule has 1 unspecified atom stereocenters. The van der Waals surface area contributed by atoms with Crippen molar-refractivity contribution in [3.63, 3.8) is 0 Å². The van der Waals surface area contributed by atoms with E-state index in [1.165, 1.54) is 0 Å². The average Bonchev–Trinajstić information content (AvgIpc) is 2.08. The molecule has 1 saturated heterocycles. The van der Waals surface area contributed by atoms with Crippen LogP contribution in [0.15, 0.2) is 0 Å². The molecule has 2 atom stereocenters. The van der Waals surface area contributed by atoms with Crippen molar-refractivity contribution in [1.29, 1.82) is 0 Å². The van der Waals surface area contributed by atoms with Crippen LogP contribution in [-0.4, -0.2) is 12.6 Å². The number of ether oxygens (including phenoxy) is 1. The summed E-state index contributed by atoms with van der Waals surface area (Å²) in [4.78, 5) is 11.1. The molecule has 0 bridgehead atoms. The van der Waals surface area contributed by atoms with Crippen LogP contribution in [0.3, 0.4) is 0 Å². The van der Waals surface area contributed by atoms with E-state index in [1.807, 2.05) is 20.8 Å². The Labute approximate surface area is 63.0 Å². The summed E-state index contributed by atoms with van der Waals surface area (Å²) in [5.41, 5.74) is -0.0626. The number of hydrogen-bond donors (Lipinski definition) is 0. The molecular weight excluding hydrogens is 128 g/mol. The number of cyclic esters (lactones) is 1. The van der Waals surface area contributed by atoms with Crippen LogP contribution in [0.4, 0.5) is 0 Å². The lowest BCUT2D eigenvalue weighted by molar-refractivity contribution is -0.143. The molecule has 1 fully saturated rings. The molecule has 0 aromatic heterocycles. The zero-order valence-electron chi connectivity index (χ0n) is 7.68. The first kappa shape index (κ1) is 6.20. The zero-order valence-corrected chi connectivity index (χ0v) is 6.68. The van der Waals surface area contributed by atoms with Crippen LogP contribution in [0.5, 0.6) is 0 Å². The molecule has 1 aliphatic rings. The zero-order chi connectivity index (χ0) is 8.65. The topological polar surface area (TPSA) is 26.3 Å². The Hall–Kier alpha value is -0.530. The standard InChI is InChI=1S/C8H14O2/c1-8(2,3)6-4-5-10-7(6)9/h6H,4-5H2,1-3H3/t6-/m0/s1/i5D/t5?,6-. The minimum Gasteiger partial charge on any atom is -0.465 e. The second-order valence-electron chi connectivity index (χ2n) is 3.76. The van der Waals surface area contributed by atoms with E-state index >= 15 is 0 Å². The SMILES string of the molecule is [2H]C1C[C@H](C(C)(C)C)C(=O)O1. The van der Waals surface area contributed by atoms with Gasteiger partial charge < -0.3 is 4.74 Å². The van der Waals surface area contributed by atoms with Crippen molar-refractivity contribution in [2.24, 2.45) is 11.3 Å². The largest absolute Gasteiger partial charge is 0.465 e. The van der Waals surface area contributed by atoms with Gasteiger partial charge in [0.05, 0.1) is 13.9 Å². The fourth-order valence-corrected chi connectivity index (χ4v) is 1.11. The van der Waals surface area contributed by atoms with Crippen LogP contribution in [0.25, 0.3) is 0 Å². The summed E-state index contributed by atoms with van der Waals surface area (Å²) >= 11 is 0. The van der Waals surface area contributed by atoms with Crippen LogP contribution in [0, 0.1) is 11.3 Å². The minimum absolute atomic E-state index is 0.0626. The maximum absolute atomic E-state index is 11.1. The fraction of sp³-hybridized carbons (Fsp3) is 0.875. The molecule has 1 heterocycles. The van der Waals surface area contributed by atoms with Crippen LogP contribution >= 0.6 is 0 Å². The van der Waals surface area contributed by atoms with Crippen LogP contribution in [-0.2, 0) is 9.53 Å². The molecule has 0 aliphatic carbocycles. The highest BCUT2D eigenvalue weighted by Crippen LogP contribution is 2.32. The van der Waals surface area contributed by atoms with Crippen molar-refractivity contribution in [3.8, 4) is 0 Å². The number of carbonyl (C=O) groups is 1. The lowest BCUT2D eigenvalue weighted by Crippen LogP contribution is -2.24. The maximum Gasteiger partial charge on any atom is 0.309 e. The predicted octanol–water partition coefficient (Wildman–Crippen LogP) is 1.60. The number of esters is 1. The van der Waals surface area contributed by atoms with Gasteiger partial charge in [-0.2, -0.15) is 0 Å². The van der Waals surface area contributed by atoms with E-state index in [9.17, 15) is 4.79 Å². The second kappa shape index (κ2) is 2.26. The van der Waals surface area contributed by atoms with Crippen molar-refractivity contribution >= 4 is 5.97 Å². The molecule has 0 saturated carbocycles. The highest BCUT2D eigenvalue weighted by atomic mass is 16.5. The van der Waals surface area contributed by atoms with E-state index in [2.05, 4.69) is 0 Å². The molecule has 10 heavy (non-hydrogen) atoms. The van der Waals surface area contributed by atoms with Gasteiger partial charge in [-0.15, -0.1) is 0 Å².